The Bertz CT molecular complexity index is 1210. The van der Waals surface area contributed by atoms with Crippen LogP contribution in [0.4, 0.5) is 10.5 Å². The summed E-state index contributed by atoms with van der Waals surface area (Å²) in [6.07, 6.45) is -0.621. The number of amides is 1. The zero-order valence-corrected chi connectivity index (χ0v) is 15.9. The third-order valence-electron chi connectivity index (χ3n) is 4.57. The number of aromatic carboxylic acids is 1. The summed E-state index contributed by atoms with van der Waals surface area (Å²) in [5.41, 5.74) is 3.34. The molecule has 0 bridgehead atoms. The van der Waals surface area contributed by atoms with Gasteiger partial charge < -0.3 is 9.84 Å². The van der Waals surface area contributed by atoms with E-state index in [1.54, 1.807) is 18.2 Å². The molecule has 1 aromatic heterocycles. The zero-order chi connectivity index (χ0) is 20.9. The number of fused-ring (bicyclic) bond motifs is 1. The van der Waals surface area contributed by atoms with Gasteiger partial charge >= 0.3 is 12.1 Å². The summed E-state index contributed by atoms with van der Waals surface area (Å²) in [4.78, 5) is 28.5. The van der Waals surface area contributed by atoms with Gasteiger partial charge in [0.2, 0.25) is 0 Å². The monoisotopic (exact) mass is 398 g/mol. The standard InChI is InChI=1S/C24H18N2O4/c27-23(28)20-14-22(17-9-5-2-6-10-17)26-21-12-11-18(13-19(20)21)25-24(29)30-15-16-7-3-1-4-8-16/h1-14H,15H2,(H,25,29)(H,27,28). The highest BCUT2D eigenvalue weighted by Gasteiger charge is 2.14. The molecule has 0 aliphatic heterocycles. The first kappa shape index (κ1) is 19.1. The number of carbonyl (C=O) groups excluding carboxylic acids is 1. The first-order valence-corrected chi connectivity index (χ1v) is 9.31. The molecule has 4 aromatic rings. The molecule has 2 N–H and O–H groups in total. The van der Waals surface area contributed by atoms with Crippen LogP contribution in [-0.4, -0.2) is 22.2 Å². The number of pyridine rings is 1. The number of hydrogen-bond acceptors (Lipinski definition) is 4. The van der Waals surface area contributed by atoms with E-state index in [2.05, 4.69) is 10.3 Å². The maximum absolute atomic E-state index is 12.1. The molecule has 30 heavy (non-hydrogen) atoms. The second-order valence-corrected chi connectivity index (χ2v) is 6.64. The SMILES string of the molecule is O=C(Nc1ccc2nc(-c3ccccc3)cc(C(=O)O)c2c1)OCc1ccccc1. The lowest BCUT2D eigenvalue weighted by Crippen LogP contribution is -2.13. The number of nitrogens with zero attached hydrogens (tertiary/aromatic N) is 1. The van der Waals surface area contributed by atoms with Crippen LogP contribution in [0.25, 0.3) is 22.2 Å². The summed E-state index contributed by atoms with van der Waals surface area (Å²) in [6.45, 7) is 0.141. The van der Waals surface area contributed by atoms with Gasteiger partial charge in [-0.2, -0.15) is 0 Å². The van der Waals surface area contributed by atoms with Crippen LogP contribution in [-0.2, 0) is 11.3 Å². The number of rotatable bonds is 5. The average molecular weight is 398 g/mol. The third-order valence-corrected chi connectivity index (χ3v) is 4.57. The molecule has 0 saturated carbocycles. The van der Waals surface area contributed by atoms with Crippen molar-refractivity contribution >= 4 is 28.7 Å². The molecule has 1 amide bonds. The van der Waals surface area contributed by atoms with Crippen LogP contribution in [0.1, 0.15) is 15.9 Å². The first-order valence-electron chi connectivity index (χ1n) is 9.31. The maximum atomic E-state index is 12.1. The number of anilines is 1. The quantitative estimate of drug-likeness (QED) is 0.473. The number of ether oxygens (including phenoxy) is 1. The van der Waals surface area contributed by atoms with Crippen LogP contribution < -0.4 is 5.32 Å². The van der Waals surface area contributed by atoms with Gasteiger partial charge in [0.05, 0.1) is 16.8 Å². The molecule has 3 aromatic carbocycles. The van der Waals surface area contributed by atoms with Gasteiger partial charge in [-0.25, -0.2) is 14.6 Å². The van der Waals surface area contributed by atoms with Crippen molar-refractivity contribution in [2.75, 3.05) is 5.32 Å². The summed E-state index contributed by atoms with van der Waals surface area (Å²) >= 11 is 0. The third kappa shape index (κ3) is 4.28. The van der Waals surface area contributed by atoms with Gasteiger partial charge in [-0.1, -0.05) is 60.7 Å². The molecule has 0 aliphatic carbocycles. The summed E-state index contributed by atoms with van der Waals surface area (Å²) < 4.78 is 5.22. The van der Waals surface area contributed by atoms with E-state index in [-0.39, 0.29) is 12.2 Å². The van der Waals surface area contributed by atoms with Crippen LogP contribution in [0, 0.1) is 0 Å². The molecule has 148 valence electrons. The molecule has 0 spiro atoms. The van der Waals surface area contributed by atoms with Crippen molar-refractivity contribution in [1.29, 1.82) is 0 Å². The predicted molar refractivity (Wildman–Crippen MR) is 114 cm³/mol. The summed E-state index contributed by atoms with van der Waals surface area (Å²) in [5.74, 6) is -1.07. The van der Waals surface area contributed by atoms with Gasteiger partial charge in [-0.3, -0.25) is 5.32 Å². The smallest absolute Gasteiger partial charge is 0.411 e. The van der Waals surface area contributed by atoms with E-state index >= 15 is 0 Å². The van der Waals surface area contributed by atoms with Crippen molar-refractivity contribution in [2.24, 2.45) is 0 Å². The second-order valence-electron chi connectivity index (χ2n) is 6.64. The van der Waals surface area contributed by atoms with Gasteiger partial charge in [0.15, 0.2) is 0 Å². The van der Waals surface area contributed by atoms with E-state index in [4.69, 9.17) is 4.74 Å². The van der Waals surface area contributed by atoms with Crippen molar-refractivity contribution < 1.29 is 19.4 Å². The van der Waals surface area contributed by atoms with Crippen molar-refractivity contribution in [3.8, 4) is 11.3 Å². The number of benzene rings is 3. The molecular formula is C24H18N2O4. The number of carbonyl (C=O) groups is 2. The largest absolute Gasteiger partial charge is 0.478 e. The minimum absolute atomic E-state index is 0.111. The Balaban J connectivity index is 1.59. The molecule has 0 saturated heterocycles. The maximum Gasteiger partial charge on any atom is 0.411 e. The van der Waals surface area contributed by atoms with Crippen molar-refractivity contribution in [2.45, 2.75) is 6.61 Å². The average Bonchev–Trinajstić information content (AvgIpc) is 2.78. The Hall–Kier alpha value is -4.19. The first-order chi connectivity index (χ1) is 14.6. The molecule has 1 heterocycles. The highest BCUT2D eigenvalue weighted by Crippen LogP contribution is 2.27. The molecule has 0 unspecified atom stereocenters. The molecule has 0 atom stereocenters. The summed E-state index contributed by atoms with van der Waals surface area (Å²) in [7, 11) is 0. The summed E-state index contributed by atoms with van der Waals surface area (Å²) in [6, 6.07) is 25.2. The van der Waals surface area contributed by atoms with E-state index in [1.807, 2.05) is 60.7 Å². The Morgan fingerprint density at radius 1 is 0.900 bits per heavy atom. The fourth-order valence-corrected chi connectivity index (χ4v) is 3.11. The second kappa shape index (κ2) is 8.45. The Kier molecular flexibility index (Phi) is 5.39. The fourth-order valence-electron chi connectivity index (χ4n) is 3.11. The molecular weight excluding hydrogens is 380 g/mol. The molecule has 6 nitrogen and oxygen atoms in total. The van der Waals surface area contributed by atoms with Crippen molar-refractivity contribution in [3.05, 3.63) is 96.1 Å². The van der Waals surface area contributed by atoms with E-state index in [9.17, 15) is 14.7 Å². The van der Waals surface area contributed by atoms with E-state index in [0.29, 0.717) is 22.3 Å². The van der Waals surface area contributed by atoms with E-state index in [0.717, 1.165) is 11.1 Å². The summed E-state index contributed by atoms with van der Waals surface area (Å²) in [5, 5.41) is 12.8. The normalized spacial score (nSPS) is 10.5. The Morgan fingerprint density at radius 2 is 1.60 bits per heavy atom. The lowest BCUT2D eigenvalue weighted by Gasteiger charge is -2.10. The molecule has 0 radical (unpaired) electrons. The van der Waals surface area contributed by atoms with Crippen molar-refractivity contribution in [3.63, 3.8) is 0 Å². The molecule has 6 heteroatoms. The Labute approximate surface area is 172 Å². The highest BCUT2D eigenvalue weighted by molar-refractivity contribution is 6.05. The van der Waals surface area contributed by atoms with Crippen LogP contribution in [0.3, 0.4) is 0 Å². The van der Waals surface area contributed by atoms with Gasteiger partial charge in [0, 0.05) is 16.6 Å². The number of nitrogens with one attached hydrogen (secondary N) is 1. The van der Waals surface area contributed by atoms with Crippen molar-refractivity contribution in [1.82, 2.24) is 4.98 Å². The van der Waals surface area contributed by atoms with E-state index < -0.39 is 12.1 Å². The van der Waals surface area contributed by atoms with Gasteiger partial charge in [-0.15, -0.1) is 0 Å². The fraction of sp³-hybridized carbons (Fsp3) is 0.0417. The topological polar surface area (TPSA) is 88.5 Å². The lowest BCUT2D eigenvalue weighted by molar-refractivity contribution is 0.0699. The molecule has 0 aliphatic rings. The van der Waals surface area contributed by atoms with Crippen LogP contribution in [0.15, 0.2) is 84.9 Å². The Morgan fingerprint density at radius 3 is 2.30 bits per heavy atom. The van der Waals surface area contributed by atoms with E-state index in [1.165, 1.54) is 6.07 Å². The van der Waals surface area contributed by atoms with Gasteiger partial charge in [-0.05, 0) is 29.8 Å². The van der Waals surface area contributed by atoms with Crippen LogP contribution in [0.5, 0.6) is 0 Å². The van der Waals surface area contributed by atoms with Gasteiger partial charge in [0.1, 0.15) is 6.61 Å². The molecule has 4 rings (SSSR count). The number of carboxylic acid groups (broad SMARTS) is 1. The number of hydrogen-bond donors (Lipinski definition) is 2. The van der Waals surface area contributed by atoms with Crippen LogP contribution in [0.2, 0.25) is 0 Å². The zero-order valence-electron chi connectivity index (χ0n) is 15.9. The van der Waals surface area contributed by atoms with Gasteiger partial charge in [0.25, 0.3) is 0 Å². The van der Waals surface area contributed by atoms with Crippen LogP contribution >= 0.6 is 0 Å². The minimum Gasteiger partial charge on any atom is -0.478 e. The number of aromatic nitrogens is 1. The number of carboxylic acids is 1. The highest BCUT2D eigenvalue weighted by atomic mass is 16.5. The predicted octanol–water partition coefficient (Wildman–Crippen LogP) is 5.35. The molecule has 0 fully saturated rings. The minimum atomic E-state index is -1.07. The lowest BCUT2D eigenvalue weighted by atomic mass is 10.0.